The van der Waals surface area contributed by atoms with Gasteiger partial charge in [-0.25, -0.2) is 0 Å². The molecular weight excluding hydrogens is 334 g/mol. The SMILES string of the molecule is COc1ccc(CN2C(=O)C(C)SC2=NN=Cc2ccccc2)cc1. The monoisotopic (exact) mass is 353 g/mol. The van der Waals surface area contributed by atoms with E-state index in [1.165, 1.54) is 11.8 Å². The molecule has 0 aliphatic carbocycles. The highest BCUT2D eigenvalue weighted by Gasteiger charge is 2.35. The topological polar surface area (TPSA) is 54.3 Å². The highest BCUT2D eigenvalue weighted by Crippen LogP contribution is 2.28. The van der Waals surface area contributed by atoms with E-state index >= 15 is 0 Å². The maximum absolute atomic E-state index is 12.4. The van der Waals surface area contributed by atoms with Gasteiger partial charge in [-0.15, -0.1) is 5.10 Å². The molecule has 25 heavy (non-hydrogen) atoms. The first-order chi connectivity index (χ1) is 12.2. The van der Waals surface area contributed by atoms with Crippen LogP contribution in [-0.2, 0) is 11.3 Å². The molecule has 2 aromatic carbocycles. The zero-order chi connectivity index (χ0) is 17.6. The van der Waals surface area contributed by atoms with Gasteiger partial charge in [0.2, 0.25) is 5.91 Å². The number of carbonyl (C=O) groups excluding carboxylic acids is 1. The Hall–Kier alpha value is -2.60. The van der Waals surface area contributed by atoms with Crippen molar-refractivity contribution in [2.24, 2.45) is 10.2 Å². The van der Waals surface area contributed by atoms with Crippen LogP contribution in [0.4, 0.5) is 0 Å². The van der Waals surface area contributed by atoms with Crippen LogP contribution in [0.25, 0.3) is 0 Å². The Morgan fingerprint density at radius 2 is 1.88 bits per heavy atom. The second kappa shape index (κ2) is 7.98. The largest absolute Gasteiger partial charge is 0.497 e. The first-order valence-corrected chi connectivity index (χ1v) is 8.82. The minimum atomic E-state index is -0.149. The van der Waals surface area contributed by atoms with E-state index in [0.29, 0.717) is 11.7 Å². The van der Waals surface area contributed by atoms with Gasteiger partial charge in [-0.1, -0.05) is 54.2 Å². The summed E-state index contributed by atoms with van der Waals surface area (Å²) in [5, 5.41) is 8.88. The van der Waals surface area contributed by atoms with E-state index in [1.54, 1.807) is 18.2 Å². The molecule has 1 aliphatic rings. The maximum atomic E-state index is 12.4. The van der Waals surface area contributed by atoms with Crippen molar-refractivity contribution < 1.29 is 9.53 Å². The number of amides is 1. The molecule has 1 fully saturated rings. The summed E-state index contributed by atoms with van der Waals surface area (Å²) in [4.78, 5) is 14.1. The van der Waals surface area contributed by atoms with Crippen molar-refractivity contribution in [3.05, 3.63) is 65.7 Å². The Kier molecular flexibility index (Phi) is 5.50. The molecule has 1 unspecified atom stereocenters. The van der Waals surface area contributed by atoms with Crippen LogP contribution in [0.15, 0.2) is 64.8 Å². The number of hydrogen-bond acceptors (Lipinski definition) is 5. The van der Waals surface area contributed by atoms with Gasteiger partial charge in [-0.3, -0.25) is 9.69 Å². The molecule has 128 valence electrons. The third kappa shape index (κ3) is 4.28. The van der Waals surface area contributed by atoms with Gasteiger partial charge in [0, 0.05) is 0 Å². The van der Waals surface area contributed by atoms with E-state index < -0.39 is 0 Å². The molecule has 0 aromatic heterocycles. The van der Waals surface area contributed by atoms with Crippen LogP contribution in [0.2, 0.25) is 0 Å². The van der Waals surface area contributed by atoms with Gasteiger partial charge in [0.1, 0.15) is 5.75 Å². The summed E-state index contributed by atoms with van der Waals surface area (Å²) in [5.41, 5.74) is 1.99. The minimum absolute atomic E-state index is 0.0504. The molecular formula is C19H19N3O2S. The Morgan fingerprint density at radius 3 is 2.56 bits per heavy atom. The van der Waals surface area contributed by atoms with Crippen LogP contribution < -0.4 is 4.74 Å². The number of thioether (sulfide) groups is 1. The predicted octanol–water partition coefficient (Wildman–Crippen LogP) is 3.55. The molecule has 6 heteroatoms. The molecule has 0 N–H and O–H groups in total. The van der Waals surface area contributed by atoms with Crippen LogP contribution in [0.3, 0.4) is 0 Å². The number of hydrogen-bond donors (Lipinski definition) is 0. The van der Waals surface area contributed by atoms with Crippen molar-refractivity contribution in [3.63, 3.8) is 0 Å². The quantitative estimate of drug-likeness (QED) is 0.610. The Bertz CT molecular complexity index is 788. The van der Waals surface area contributed by atoms with E-state index in [2.05, 4.69) is 10.2 Å². The number of amidine groups is 1. The first-order valence-electron chi connectivity index (χ1n) is 7.94. The summed E-state index contributed by atoms with van der Waals surface area (Å²) >= 11 is 1.43. The number of benzene rings is 2. The van der Waals surface area contributed by atoms with Crippen LogP contribution in [0, 0.1) is 0 Å². The van der Waals surface area contributed by atoms with Crippen LogP contribution in [-0.4, -0.2) is 34.5 Å². The lowest BCUT2D eigenvalue weighted by Gasteiger charge is -2.15. The van der Waals surface area contributed by atoms with E-state index in [9.17, 15) is 4.79 Å². The molecule has 0 radical (unpaired) electrons. The zero-order valence-electron chi connectivity index (χ0n) is 14.1. The van der Waals surface area contributed by atoms with Gasteiger partial charge >= 0.3 is 0 Å². The fraction of sp³-hybridized carbons (Fsp3) is 0.211. The van der Waals surface area contributed by atoms with Crippen LogP contribution in [0.5, 0.6) is 5.75 Å². The molecule has 5 nitrogen and oxygen atoms in total. The fourth-order valence-corrected chi connectivity index (χ4v) is 3.33. The van der Waals surface area contributed by atoms with E-state index in [-0.39, 0.29) is 11.2 Å². The van der Waals surface area contributed by atoms with E-state index in [4.69, 9.17) is 4.74 Å². The molecule has 3 rings (SSSR count). The Balaban J connectivity index is 1.76. The molecule has 1 saturated heterocycles. The Morgan fingerprint density at radius 1 is 1.16 bits per heavy atom. The highest BCUT2D eigenvalue weighted by atomic mass is 32.2. The molecule has 1 atom stereocenters. The van der Waals surface area contributed by atoms with Gasteiger partial charge in [0.25, 0.3) is 0 Å². The van der Waals surface area contributed by atoms with Gasteiger partial charge in [-0.05, 0) is 30.2 Å². The fourth-order valence-electron chi connectivity index (χ4n) is 2.41. The van der Waals surface area contributed by atoms with Crippen molar-refractivity contribution in [3.8, 4) is 5.75 Å². The number of nitrogens with zero attached hydrogens (tertiary/aromatic N) is 3. The molecule has 0 saturated carbocycles. The third-order valence-corrected chi connectivity index (χ3v) is 4.84. The number of methoxy groups -OCH3 is 1. The number of carbonyl (C=O) groups is 1. The molecule has 2 aromatic rings. The van der Waals surface area contributed by atoms with Gasteiger partial charge < -0.3 is 4.74 Å². The standard InChI is InChI=1S/C19H19N3O2S/c1-14-18(23)22(13-16-8-10-17(24-2)11-9-16)19(25-14)21-20-12-15-6-4-3-5-7-15/h3-12,14H,13H2,1-2H3. The summed E-state index contributed by atoms with van der Waals surface area (Å²) in [6.07, 6.45) is 1.69. The number of ether oxygens (including phenoxy) is 1. The van der Waals surface area contributed by atoms with E-state index in [1.807, 2.05) is 61.5 Å². The average Bonchev–Trinajstić information content (AvgIpc) is 2.91. The minimum Gasteiger partial charge on any atom is -0.497 e. The summed E-state index contributed by atoms with van der Waals surface area (Å²) in [7, 11) is 1.63. The smallest absolute Gasteiger partial charge is 0.242 e. The number of rotatable bonds is 5. The molecule has 0 spiro atoms. The van der Waals surface area contributed by atoms with Gasteiger partial charge in [0.05, 0.1) is 25.1 Å². The molecule has 1 aliphatic heterocycles. The lowest BCUT2D eigenvalue weighted by molar-refractivity contribution is -0.126. The predicted molar refractivity (Wildman–Crippen MR) is 102 cm³/mol. The molecule has 1 heterocycles. The second-order valence-electron chi connectivity index (χ2n) is 5.57. The normalized spacial score (nSPS) is 19.1. The summed E-state index contributed by atoms with van der Waals surface area (Å²) in [5.74, 6) is 0.843. The lowest BCUT2D eigenvalue weighted by Crippen LogP contribution is -2.30. The van der Waals surface area contributed by atoms with Crippen molar-refractivity contribution in [2.75, 3.05) is 7.11 Å². The van der Waals surface area contributed by atoms with Crippen LogP contribution in [0.1, 0.15) is 18.1 Å². The maximum Gasteiger partial charge on any atom is 0.242 e. The summed E-state index contributed by atoms with van der Waals surface area (Å²) in [6.45, 7) is 2.36. The van der Waals surface area contributed by atoms with Crippen molar-refractivity contribution in [1.82, 2.24) is 4.90 Å². The first kappa shape index (κ1) is 17.2. The van der Waals surface area contributed by atoms with E-state index in [0.717, 1.165) is 16.9 Å². The van der Waals surface area contributed by atoms with Gasteiger partial charge in [-0.2, -0.15) is 5.10 Å². The van der Waals surface area contributed by atoms with Crippen LogP contribution >= 0.6 is 11.8 Å². The molecule has 0 bridgehead atoms. The van der Waals surface area contributed by atoms with Crippen molar-refractivity contribution >= 4 is 29.1 Å². The lowest BCUT2D eigenvalue weighted by atomic mass is 10.2. The Labute approximate surface area is 151 Å². The second-order valence-corrected chi connectivity index (χ2v) is 6.88. The van der Waals surface area contributed by atoms with Crippen molar-refractivity contribution in [2.45, 2.75) is 18.7 Å². The summed E-state index contributed by atoms with van der Waals surface area (Å²) < 4.78 is 5.17. The molecule has 1 amide bonds. The summed E-state index contributed by atoms with van der Waals surface area (Å²) in [6, 6.07) is 17.4. The highest BCUT2D eigenvalue weighted by molar-refractivity contribution is 8.15. The zero-order valence-corrected chi connectivity index (χ0v) is 14.9. The average molecular weight is 353 g/mol. The van der Waals surface area contributed by atoms with Crippen molar-refractivity contribution in [1.29, 1.82) is 0 Å². The van der Waals surface area contributed by atoms with Gasteiger partial charge in [0.15, 0.2) is 5.17 Å². The third-order valence-electron chi connectivity index (χ3n) is 3.78.